The molecule has 2 saturated heterocycles. The average molecular weight is 562 g/mol. The molecule has 1 aromatic heterocycles. The second-order valence-electron chi connectivity index (χ2n) is 8.92. The fourth-order valence-electron chi connectivity index (χ4n) is 4.70. The summed E-state index contributed by atoms with van der Waals surface area (Å²) in [6.45, 7) is 4.24. The molecule has 3 atom stereocenters. The number of hydrogen-bond acceptors (Lipinski definition) is 5. The summed E-state index contributed by atoms with van der Waals surface area (Å²) < 4.78 is 31.2. The predicted octanol–water partition coefficient (Wildman–Crippen LogP) is 4.22. The van der Waals surface area contributed by atoms with Gasteiger partial charge in [0.25, 0.3) is 0 Å². The van der Waals surface area contributed by atoms with Gasteiger partial charge in [-0.2, -0.15) is 4.31 Å². The number of pyridine rings is 1. The quantitative estimate of drug-likeness (QED) is 0.511. The van der Waals surface area contributed by atoms with Gasteiger partial charge in [-0.3, -0.25) is 0 Å². The summed E-state index contributed by atoms with van der Waals surface area (Å²) in [6, 6.07) is 8.86. The second-order valence-corrected chi connectivity index (χ2v) is 12.1. The molecular weight excluding hydrogens is 535 g/mol. The topological polar surface area (TPSA) is 83.1 Å². The summed E-state index contributed by atoms with van der Waals surface area (Å²) in [7, 11) is -3.27. The van der Waals surface area contributed by atoms with Crippen LogP contribution in [0, 0.1) is 5.92 Å². The van der Waals surface area contributed by atoms with Gasteiger partial charge >= 0.3 is 6.03 Å². The number of aromatic nitrogens is 1. The van der Waals surface area contributed by atoms with Gasteiger partial charge in [0.05, 0.1) is 22.5 Å². The van der Waals surface area contributed by atoms with Crippen LogP contribution in [-0.4, -0.2) is 85.2 Å². The molecule has 35 heavy (non-hydrogen) atoms. The van der Waals surface area contributed by atoms with Crippen LogP contribution in [0.15, 0.2) is 36.5 Å². The summed E-state index contributed by atoms with van der Waals surface area (Å²) >= 11 is 18.3. The molecule has 2 aliphatic heterocycles. The van der Waals surface area contributed by atoms with E-state index in [4.69, 9.17) is 39.5 Å². The molecule has 0 N–H and O–H groups in total. The number of hydrogen-bond donors (Lipinski definition) is 0. The van der Waals surface area contributed by atoms with E-state index in [1.165, 1.54) is 10.6 Å². The van der Waals surface area contributed by atoms with Gasteiger partial charge in [-0.25, -0.2) is 18.2 Å². The lowest BCUT2D eigenvalue weighted by atomic mass is 9.85. The van der Waals surface area contributed by atoms with Crippen LogP contribution in [0.2, 0.25) is 15.2 Å². The molecule has 2 fully saturated rings. The molecular formula is C23H27Cl3N4O4S. The maximum Gasteiger partial charge on any atom is 0.320 e. The Hall–Kier alpha value is -1.78. The van der Waals surface area contributed by atoms with E-state index >= 15 is 0 Å². The Balaban J connectivity index is 1.52. The molecule has 0 spiro atoms. The predicted molar refractivity (Wildman–Crippen MR) is 137 cm³/mol. The fraction of sp³-hybridized carbons (Fsp3) is 0.478. The molecule has 0 aliphatic carbocycles. The molecule has 2 aliphatic rings. The summed E-state index contributed by atoms with van der Waals surface area (Å²) in [5.74, 6) is 0.543. The maximum absolute atomic E-state index is 13.4. The van der Waals surface area contributed by atoms with Crippen molar-refractivity contribution < 1.29 is 17.9 Å². The number of amides is 2. The number of rotatable bonds is 5. The Morgan fingerprint density at radius 3 is 2.34 bits per heavy atom. The Kier molecular flexibility index (Phi) is 8.02. The van der Waals surface area contributed by atoms with Crippen LogP contribution < -0.4 is 4.74 Å². The van der Waals surface area contributed by atoms with Crippen molar-refractivity contribution in [2.75, 3.05) is 45.5 Å². The summed E-state index contributed by atoms with van der Waals surface area (Å²) in [6.07, 6.45) is 2.53. The lowest BCUT2D eigenvalue weighted by Gasteiger charge is -2.35. The zero-order valence-corrected chi connectivity index (χ0v) is 22.5. The van der Waals surface area contributed by atoms with Crippen molar-refractivity contribution >= 4 is 50.9 Å². The lowest BCUT2D eigenvalue weighted by molar-refractivity contribution is 0.128. The first kappa shape index (κ1) is 26.3. The highest BCUT2D eigenvalue weighted by atomic mass is 35.5. The molecule has 12 heteroatoms. The Morgan fingerprint density at radius 2 is 1.74 bits per heavy atom. The number of sulfonamides is 1. The molecule has 1 aromatic carbocycles. The van der Waals surface area contributed by atoms with Crippen LogP contribution in [0.4, 0.5) is 4.79 Å². The highest BCUT2D eigenvalue weighted by Crippen LogP contribution is 2.38. The highest BCUT2D eigenvalue weighted by molar-refractivity contribution is 7.88. The smallest absolute Gasteiger partial charge is 0.320 e. The van der Waals surface area contributed by atoms with Crippen LogP contribution in [0.1, 0.15) is 18.4 Å². The molecule has 3 heterocycles. The van der Waals surface area contributed by atoms with Crippen molar-refractivity contribution in [1.82, 2.24) is 19.1 Å². The van der Waals surface area contributed by atoms with E-state index in [0.29, 0.717) is 60.2 Å². The molecule has 0 unspecified atom stereocenters. The average Bonchev–Trinajstić information content (AvgIpc) is 3.27. The van der Waals surface area contributed by atoms with E-state index in [2.05, 4.69) is 4.98 Å². The van der Waals surface area contributed by atoms with Crippen LogP contribution in [0.3, 0.4) is 0 Å². The number of likely N-dealkylation sites (tertiary alicyclic amines) is 1. The number of ether oxygens (including phenoxy) is 1. The lowest BCUT2D eigenvalue weighted by Crippen LogP contribution is -2.53. The van der Waals surface area contributed by atoms with Crippen LogP contribution >= 0.6 is 34.8 Å². The Labute approximate surface area is 220 Å². The first-order valence-electron chi connectivity index (χ1n) is 11.2. The first-order chi connectivity index (χ1) is 16.5. The van der Waals surface area contributed by atoms with Gasteiger partial charge in [-0.15, -0.1) is 0 Å². The highest BCUT2D eigenvalue weighted by Gasteiger charge is 2.42. The van der Waals surface area contributed by atoms with Crippen LogP contribution in [0.5, 0.6) is 5.75 Å². The van der Waals surface area contributed by atoms with E-state index < -0.39 is 10.0 Å². The Morgan fingerprint density at radius 1 is 1.03 bits per heavy atom. The van der Waals surface area contributed by atoms with E-state index in [-0.39, 0.29) is 24.0 Å². The number of carbonyl (C=O) groups is 1. The molecule has 190 valence electrons. The standard InChI is InChI=1S/C23H27Cl3N4O4S/c1-15(34-17-4-6-22(26)27-12-17)18-13-29(14-19(18)16-3-5-20(24)21(25)11-16)23(31)28-7-9-30(10-8-28)35(2,32)33/h3-6,11-12,15,18-19H,7-10,13-14H2,1-2H3/t15-,18-,19+/m0/s1. The Bertz CT molecular complexity index is 1170. The van der Waals surface area contributed by atoms with Crippen molar-refractivity contribution in [2.24, 2.45) is 5.92 Å². The zero-order chi connectivity index (χ0) is 25.3. The SMILES string of the molecule is C[C@H](Oc1ccc(Cl)nc1)[C@@H]1CN(C(=O)N2CCN(S(C)(=O)=O)CC2)C[C@@H]1c1ccc(Cl)c(Cl)c1. The van der Waals surface area contributed by atoms with E-state index in [1.54, 1.807) is 29.3 Å². The summed E-state index contributed by atoms with van der Waals surface area (Å²) in [5, 5.41) is 1.31. The van der Waals surface area contributed by atoms with Gasteiger partial charge in [-0.05, 0) is 36.8 Å². The molecule has 0 radical (unpaired) electrons. The molecule has 0 bridgehead atoms. The van der Waals surface area contributed by atoms with Crippen LogP contribution in [-0.2, 0) is 10.0 Å². The van der Waals surface area contributed by atoms with Gasteiger partial charge in [-0.1, -0.05) is 40.9 Å². The van der Waals surface area contributed by atoms with Crippen molar-refractivity contribution in [3.05, 3.63) is 57.3 Å². The van der Waals surface area contributed by atoms with Gasteiger partial charge in [0.2, 0.25) is 10.0 Å². The normalized spacial score (nSPS) is 22.3. The summed E-state index contributed by atoms with van der Waals surface area (Å²) in [4.78, 5) is 21.0. The third-order valence-electron chi connectivity index (χ3n) is 6.61. The van der Waals surface area contributed by atoms with Crippen molar-refractivity contribution in [1.29, 1.82) is 0 Å². The monoisotopic (exact) mass is 560 g/mol. The van der Waals surface area contributed by atoms with E-state index in [1.807, 2.05) is 24.0 Å². The number of nitrogens with zero attached hydrogens (tertiary/aromatic N) is 4. The zero-order valence-electron chi connectivity index (χ0n) is 19.4. The minimum absolute atomic E-state index is 0.0239. The maximum atomic E-state index is 13.4. The molecule has 0 saturated carbocycles. The molecule has 2 amide bonds. The van der Waals surface area contributed by atoms with E-state index in [0.717, 1.165) is 5.56 Å². The van der Waals surface area contributed by atoms with Crippen LogP contribution in [0.25, 0.3) is 0 Å². The number of carbonyl (C=O) groups excluding carboxylic acids is 1. The second kappa shape index (κ2) is 10.7. The minimum atomic E-state index is -3.27. The van der Waals surface area contributed by atoms with Gasteiger partial charge in [0, 0.05) is 51.1 Å². The fourth-order valence-corrected chi connectivity index (χ4v) is 5.95. The minimum Gasteiger partial charge on any atom is -0.489 e. The summed E-state index contributed by atoms with van der Waals surface area (Å²) in [5.41, 5.74) is 0.978. The van der Waals surface area contributed by atoms with Gasteiger partial charge < -0.3 is 14.5 Å². The van der Waals surface area contributed by atoms with Crippen molar-refractivity contribution in [2.45, 2.75) is 18.9 Å². The third-order valence-corrected chi connectivity index (χ3v) is 8.88. The number of halogens is 3. The van der Waals surface area contributed by atoms with Crippen molar-refractivity contribution in [3.63, 3.8) is 0 Å². The third kappa shape index (κ3) is 6.14. The van der Waals surface area contributed by atoms with Crippen molar-refractivity contribution in [3.8, 4) is 5.75 Å². The largest absolute Gasteiger partial charge is 0.489 e. The first-order valence-corrected chi connectivity index (χ1v) is 14.2. The molecule has 8 nitrogen and oxygen atoms in total. The number of piperazine rings is 1. The van der Waals surface area contributed by atoms with Gasteiger partial charge in [0.1, 0.15) is 17.0 Å². The number of urea groups is 1. The number of benzene rings is 1. The van der Waals surface area contributed by atoms with Gasteiger partial charge in [0.15, 0.2) is 0 Å². The molecule has 2 aromatic rings. The molecule has 4 rings (SSSR count). The van der Waals surface area contributed by atoms with E-state index in [9.17, 15) is 13.2 Å².